The lowest BCUT2D eigenvalue weighted by Crippen LogP contribution is -2.27. The van der Waals surface area contributed by atoms with Gasteiger partial charge in [-0.3, -0.25) is 0 Å². The standard InChI is InChI=1S/C40H42O4/c1-30-24-31(2)39(38(25-30)44-29-35-18-12-7-13-19-35)40(3,41-4)23-22-32-20-21-36(42-27-33-14-8-5-9-15-33)37(26-32)43-28-34-16-10-6-11-17-34/h5-21,24-26H,22-23,27-29H2,1-4H3. The van der Waals surface area contributed by atoms with Gasteiger partial charge in [0.1, 0.15) is 25.6 Å². The molecule has 1 unspecified atom stereocenters. The van der Waals surface area contributed by atoms with Crippen LogP contribution in [0.1, 0.15) is 52.3 Å². The summed E-state index contributed by atoms with van der Waals surface area (Å²) < 4.78 is 25.3. The first-order valence-electron chi connectivity index (χ1n) is 15.2. The normalized spacial score (nSPS) is 12.4. The Morgan fingerprint density at radius 3 is 1.55 bits per heavy atom. The SMILES string of the molecule is COC(C)(CCc1ccc(OCc2ccccc2)c(OCc2ccccc2)c1)c1c(C)cc(C)cc1OCc1ccccc1. The van der Waals surface area contributed by atoms with Gasteiger partial charge in [0.05, 0.1) is 5.60 Å². The van der Waals surface area contributed by atoms with Crippen molar-refractivity contribution in [3.05, 3.63) is 160 Å². The third kappa shape index (κ3) is 8.09. The van der Waals surface area contributed by atoms with Crippen LogP contribution >= 0.6 is 0 Å². The molecular formula is C40H42O4. The molecule has 4 heteroatoms. The first kappa shape index (κ1) is 30.9. The monoisotopic (exact) mass is 586 g/mol. The molecule has 0 saturated carbocycles. The zero-order valence-electron chi connectivity index (χ0n) is 26.2. The van der Waals surface area contributed by atoms with Crippen LogP contribution in [0.15, 0.2) is 121 Å². The van der Waals surface area contributed by atoms with Gasteiger partial charge in [-0.2, -0.15) is 0 Å². The molecule has 0 aromatic heterocycles. The van der Waals surface area contributed by atoms with Crippen LogP contribution in [0.2, 0.25) is 0 Å². The molecule has 0 aliphatic carbocycles. The van der Waals surface area contributed by atoms with Crippen molar-refractivity contribution in [2.75, 3.05) is 7.11 Å². The minimum absolute atomic E-state index is 0.465. The predicted molar refractivity (Wildman–Crippen MR) is 177 cm³/mol. The maximum absolute atomic E-state index is 6.44. The fourth-order valence-corrected chi connectivity index (χ4v) is 5.58. The van der Waals surface area contributed by atoms with Crippen LogP contribution in [0.4, 0.5) is 0 Å². The van der Waals surface area contributed by atoms with E-state index in [1.54, 1.807) is 7.11 Å². The summed E-state index contributed by atoms with van der Waals surface area (Å²) in [7, 11) is 1.79. The van der Waals surface area contributed by atoms with Crippen molar-refractivity contribution in [1.82, 2.24) is 0 Å². The molecular weight excluding hydrogens is 544 g/mol. The molecule has 4 nitrogen and oxygen atoms in total. The zero-order chi connectivity index (χ0) is 30.8. The van der Waals surface area contributed by atoms with Crippen LogP contribution < -0.4 is 14.2 Å². The highest BCUT2D eigenvalue weighted by Crippen LogP contribution is 2.40. The number of hydrogen-bond donors (Lipinski definition) is 0. The number of rotatable bonds is 14. The largest absolute Gasteiger partial charge is 0.488 e. The second-order valence-electron chi connectivity index (χ2n) is 11.5. The second kappa shape index (κ2) is 14.8. The van der Waals surface area contributed by atoms with Crippen LogP contribution in [0.5, 0.6) is 17.2 Å². The highest BCUT2D eigenvalue weighted by atomic mass is 16.5. The summed E-state index contributed by atoms with van der Waals surface area (Å²) in [6.45, 7) is 7.85. The Balaban J connectivity index is 1.36. The lowest BCUT2D eigenvalue weighted by Gasteiger charge is -2.32. The summed E-state index contributed by atoms with van der Waals surface area (Å²) >= 11 is 0. The van der Waals surface area contributed by atoms with Crippen molar-refractivity contribution in [3.63, 3.8) is 0 Å². The molecule has 0 spiro atoms. The maximum atomic E-state index is 6.44. The molecule has 0 bridgehead atoms. The highest BCUT2D eigenvalue weighted by Gasteiger charge is 2.32. The summed E-state index contributed by atoms with van der Waals surface area (Å²) in [5.74, 6) is 2.33. The van der Waals surface area contributed by atoms with Gasteiger partial charge >= 0.3 is 0 Å². The molecule has 0 saturated heterocycles. The summed E-state index contributed by atoms with van der Waals surface area (Å²) in [5, 5.41) is 0. The van der Waals surface area contributed by atoms with Crippen LogP contribution in [-0.4, -0.2) is 7.11 Å². The van der Waals surface area contributed by atoms with Crippen LogP contribution in [0, 0.1) is 13.8 Å². The van der Waals surface area contributed by atoms with Gasteiger partial charge in [-0.25, -0.2) is 0 Å². The minimum atomic E-state index is -0.558. The first-order chi connectivity index (χ1) is 21.4. The Labute approximate surface area is 262 Å². The fraction of sp³-hybridized carbons (Fsp3) is 0.250. The van der Waals surface area contributed by atoms with E-state index in [4.69, 9.17) is 18.9 Å². The number of benzene rings is 5. The molecule has 0 N–H and O–H groups in total. The number of methoxy groups -OCH3 is 1. The van der Waals surface area contributed by atoms with Crippen molar-refractivity contribution >= 4 is 0 Å². The van der Waals surface area contributed by atoms with E-state index in [9.17, 15) is 0 Å². The van der Waals surface area contributed by atoms with Crippen LogP contribution in [-0.2, 0) is 36.6 Å². The van der Waals surface area contributed by atoms with Crippen molar-refractivity contribution in [2.24, 2.45) is 0 Å². The van der Waals surface area contributed by atoms with Gasteiger partial charge in [0.2, 0.25) is 0 Å². The highest BCUT2D eigenvalue weighted by molar-refractivity contribution is 5.47. The summed E-state index contributed by atoms with van der Waals surface area (Å²) in [4.78, 5) is 0. The minimum Gasteiger partial charge on any atom is -0.488 e. The molecule has 0 aliphatic heterocycles. The second-order valence-corrected chi connectivity index (χ2v) is 11.5. The quantitative estimate of drug-likeness (QED) is 0.130. The van der Waals surface area contributed by atoms with Gasteiger partial charge in [0.15, 0.2) is 11.5 Å². The molecule has 1 atom stereocenters. The third-order valence-corrected chi connectivity index (χ3v) is 8.03. The van der Waals surface area contributed by atoms with E-state index in [-0.39, 0.29) is 0 Å². The van der Waals surface area contributed by atoms with E-state index >= 15 is 0 Å². The van der Waals surface area contributed by atoms with Gasteiger partial charge in [-0.05, 0) is 85.2 Å². The van der Waals surface area contributed by atoms with Gasteiger partial charge < -0.3 is 18.9 Å². The molecule has 0 fully saturated rings. The summed E-state index contributed by atoms with van der Waals surface area (Å²) in [6.07, 6.45) is 1.55. The Morgan fingerprint density at radius 1 is 0.523 bits per heavy atom. The van der Waals surface area contributed by atoms with Crippen LogP contribution in [0.25, 0.3) is 0 Å². The van der Waals surface area contributed by atoms with Gasteiger partial charge in [0, 0.05) is 12.7 Å². The lowest BCUT2D eigenvalue weighted by atomic mass is 9.85. The van der Waals surface area contributed by atoms with E-state index in [0.717, 1.165) is 63.5 Å². The van der Waals surface area contributed by atoms with E-state index in [1.807, 2.05) is 60.7 Å². The fourth-order valence-electron chi connectivity index (χ4n) is 5.58. The number of aryl methyl sites for hydroxylation is 3. The van der Waals surface area contributed by atoms with E-state index in [0.29, 0.717) is 19.8 Å². The van der Waals surface area contributed by atoms with Gasteiger partial charge in [0.25, 0.3) is 0 Å². The Bertz CT molecular complexity index is 1620. The molecule has 5 aromatic rings. The van der Waals surface area contributed by atoms with Gasteiger partial charge in [-0.1, -0.05) is 103 Å². The topological polar surface area (TPSA) is 36.9 Å². The van der Waals surface area contributed by atoms with E-state index in [1.165, 1.54) is 5.56 Å². The first-order valence-corrected chi connectivity index (χ1v) is 15.2. The smallest absolute Gasteiger partial charge is 0.161 e. The zero-order valence-corrected chi connectivity index (χ0v) is 26.2. The number of ether oxygens (including phenoxy) is 4. The molecule has 44 heavy (non-hydrogen) atoms. The Hall–Kier alpha value is -4.54. The molecule has 5 aromatic carbocycles. The average Bonchev–Trinajstić information content (AvgIpc) is 3.06. The van der Waals surface area contributed by atoms with Crippen molar-refractivity contribution < 1.29 is 18.9 Å². The summed E-state index contributed by atoms with van der Waals surface area (Å²) in [6, 6.07) is 41.2. The van der Waals surface area contributed by atoms with Gasteiger partial charge in [-0.15, -0.1) is 0 Å². The Kier molecular flexibility index (Phi) is 10.4. The third-order valence-electron chi connectivity index (χ3n) is 8.03. The maximum Gasteiger partial charge on any atom is 0.161 e. The number of hydrogen-bond acceptors (Lipinski definition) is 4. The average molecular weight is 587 g/mol. The molecule has 0 heterocycles. The van der Waals surface area contributed by atoms with Crippen molar-refractivity contribution in [1.29, 1.82) is 0 Å². The van der Waals surface area contributed by atoms with Crippen molar-refractivity contribution in [3.8, 4) is 17.2 Å². The predicted octanol–water partition coefficient (Wildman–Crippen LogP) is 9.53. The molecule has 5 rings (SSSR count). The van der Waals surface area contributed by atoms with E-state index < -0.39 is 5.60 Å². The lowest BCUT2D eigenvalue weighted by molar-refractivity contribution is -0.00814. The van der Waals surface area contributed by atoms with E-state index in [2.05, 4.69) is 81.4 Å². The molecule has 226 valence electrons. The van der Waals surface area contributed by atoms with Crippen molar-refractivity contribution in [2.45, 2.75) is 59.0 Å². The Morgan fingerprint density at radius 2 is 1.02 bits per heavy atom. The molecule has 0 radical (unpaired) electrons. The molecule has 0 amide bonds. The van der Waals surface area contributed by atoms with Crippen LogP contribution in [0.3, 0.4) is 0 Å². The summed E-state index contributed by atoms with van der Waals surface area (Å²) in [5.41, 5.74) is 7.36. The molecule has 0 aliphatic rings.